The molecule has 0 saturated heterocycles. The Bertz CT molecular complexity index is 216. The van der Waals surface area contributed by atoms with E-state index in [4.69, 9.17) is 11.6 Å². The van der Waals surface area contributed by atoms with Crippen LogP contribution in [0.1, 0.15) is 25.7 Å². The summed E-state index contributed by atoms with van der Waals surface area (Å²) in [5.41, 5.74) is 0. The van der Waals surface area contributed by atoms with Crippen molar-refractivity contribution in [1.82, 2.24) is 0 Å². The van der Waals surface area contributed by atoms with Gasteiger partial charge in [0.1, 0.15) is 0 Å². The molecule has 1 aliphatic rings. The number of hydrogen-bond donors (Lipinski definition) is 0. The Labute approximate surface area is 71.5 Å². The van der Waals surface area contributed by atoms with Crippen molar-refractivity contribution in [3.8, 4) is 0 Å². The van der Waals surface area contributed by atoms with Gasteiger partial charge in [-0.1, -0.05) is 0 Å². The summed E-state index contributed by atoms with van der Waals surface area (Å²) in [6, 6.07) is 0. The summed E-state index contributed by atoms with van der Waals surface area (Å²) in [5.74, 6) is 0. The maximum absolute atomic E-state index is 10.5. The molecule has 1 rings (SSSR count). The van der Waals surface area contributed by atoms with E-state index in [1.165, 1.54) is 0 Å². The zero-order valence-corrected chi connectivity index (χ0v) is 7.57. The van der Waals surface area contributed by atoms with Crippen LogP contribution in [-0.2, 0) is 10.1 Å². The van der Waals surface area contributed by atoms with Crippen molar-refractivity contribution in [2.24, 2.45) is 0 Å². The quantitative estimate of drug-likeness (QED) is 0.467. The highest BCUT2D eigenvalue weighted by atomic mass is 35.5. The van der Waals surface area contributed by atoms with E-state index in [1.807, 2.05) is 0 Å². The summed E-state index contributed by atoms with van der Waals surface area (Å²) in [4.78, 5) is 0. The van der Waals surface area contributed by atoms with Crippen LogP contribution in [0, 0.1) is 0 Å². The fourth-order valence-electron chi connectivity index (χ4n) is 1.31. The van der Waals surface area contributed by atoms with E-state index >= 15 is 0 Å². The molecule has 0 unspecified atom stereocenters. The third-order valence-corrected chi connectivity index (χ3v) is 3.74. The van der Waals surface area contributed by atoms with Crippen molar-refractivity contribution in [3.05, 3.63) is 0 Å². The topological polar surface area (TPSA) is 57.2 Å². The fourth-order valence-corrected chi connectivity index (χ4v) is 2.41. The molecule has 0 aromatic rings. The van der Waals surface area contributed by atoms with E-state index in [0.29, 0.717) is 25.7 Å². The molecule has 66 valence electrons. The third kappa shape index (κ3) is 2.61. The Kier molecular flexibility index (Phi) is 2.78. The average molecular weight is 198 g/mol. The Morgan fingerprint density at radius 3 is 2.00 bits per heavy atom. The molecule has 0 spiro atoms. The van der Waals surface area contributed by atoms with Crippen LogP contribution in [-0.4, -0.2) is 23.6 Å². The molecule has 0 amide bonds. The van der Waals surface area contributed by atoms with Crippen LogP contribution in [0.15, 0.2) is 0 Å². The van der Waals surface area contributed by atoms with Gasteiger partial charge < -0.3 is 4.55 Å². The first-order valence-electron chi connectivity index (χ1n) is 3.59. The summed E-state index contributed by atoms with van der Waals surface area (Å²) < 4.78 is 31.5. The van der Waals surface area contributed by atoms with Crippen molar-refractivity contribution >= 4 is 21.7 Å². The maximum atomic E-state index is 10.5. The van der Waals surface area contributed by atoms with Gasteiger partial charge in [0, 0.05) is 10.6 Å². The molecule has 0 aromatic heterocycles. The molecule has 0 N–H and O–H groups in total. The zero-order valence-electron chi connectivity index (χ0n) is 5.99. The van der Waals surface area contributed by atoms with Crippen molar-refractivity contribution in [2.45, 2.75) is 36.3 Å². The first-order valence-corrected chi connectivity index (χ1v) is 5.49. The largest absolute Gasteiger partial charge is 0.748 e. The van der Waals surface area contributed by atoms with Crippen molar-refractivity contribution in [2.75, 3.05) is 0 Å². The lowest BCUT2D eigenvalue weighted by molar-refractivity contribution is 0.415. The minimum Gasteiger partial charge on any atom is -0.748 e. The number of rotatable bonds is 1. The van der Waals surface area contributed by atoms with E-state index in [2.05, 4.69) is 0 Å². The van der Waals surface area contributed by atoms with Crippen LogP contribution >= 0.6 is 11.6 Å². The van der Waals surface area contributed by atoms with Gasteiger partial charge in [-0.3, -0.25) is 0 Å². The third-order valence-electron chi connectivity index (χ3n) is 2.01. The molecular weight excluding hydrogens is 188 g/mol. The van der Waals surface area contributed by atoms with Crippen LogP contribution < -0.4 is 0 Å². The number of alkyl halides is 1. The minimum atomic E-state index is -4.06. The van der Waals surface area contributed by atoms with Gasteiger partial charge in [-0.25, -0.2) is 8.42 Å². The summed E-state index contributed by atoms with van der Waals surface area (Å²) in [6.45, 7) is 0. The lowest BCUT2D eigenvalue weighted by atomic mass is 10.00. The molecule has 0 aromatic carbocycles. The lowest BCUT2D eigenvalue weighted by Gasteiger charge is -2.26. The van der Waals surface area contributed by atoms with E-state index in [9.17, 15) is 13.0 Å². The smallest absolute Gasteiger partial charge is 0.0975 e. The molecule has 1 aliphatic carbocycles. The molecule has 0 atom stereocenters. The van der Waals surface area contributed by atoms with Crippen molar-refractivity contribution in [3.63, 3.8) is 0 Å². The van der Waals surface area contributed by atoms with E-state index in [0.717, 1.165) is 0 Å². The van der Waals surface area contributed by atoms with Gasteiger partial charge in [-0.2, -0.15) is 0 Å². The number of halogens is 1. The van der Waals surface area contributed by atoms with Gasteiger partial charge in [0.2, 0.25) is 0 Å². The highest BCUT2D eigenvalue weighted by Gasteiger charge is 2.23. The lowest BCUT2D eigenvalue weighted by Crippen LogP contribution is -2.26. The van der Waals surface area contributed by atoms with Gasteiger partial charge in [0.05, 0.1) is 10.1 Å². The van der Waals surface area contributed by atoms with Gasteiger partial charge in [-0.05, 0) is 25.7 Å². The van der Waals surface area contributed by atoms with E-state index in [-0.39, 0.29) is 5.38 Å². The minimum absolute atomic E-state index is 0.0630. The van der Waals surface area contributed by atoms with Gasteiger partial charge in [0.15, 0.2) is 0 Å². The SMILES string of the molecule is O=S(=O)([O-])C1CCC(Cl)CC1. The summed E-state index contributed by atoms with van der Waals surface area (Å²) in [5, 5.41) is -0.620. The average Bonchev–Trinajstić information content (AvgIpc) is 1.86. The molecule has 1 saturated carbocycles. The standard InChI is InChI=1S/C6H11ClO3S/c7-5-1-3-6(4-2-5)11(8,9)10/h5-6H,1-4H2,(H,8,9,10)/p-1. The van der Waals surface area contributed by atoms with Crippen molar-refractivity contribution < 1.29 is 13.0 Å². The van der Waals surface area contributed by atoms with Crippen LogP contribution in [0.25, 0.3) is 0 Å². The highest BCUT2D eigenvalue weighted by molar-refractivity contribution is 7.86. The Balaban J connectivity index is 2.53. The first-order chi connectivity index (χ1) is 5.00. The van der Waals surface area contributed by atoms with E-state index in [1.54, 1.807) is 0 Å². The van der Waals surface area contributed by atoms with Crippen LogP contribution in [0.3, 0.4) is 0 Å². The van der Waals surface area contributed by atoms with E-state index < -0.39 is 15.4 Å². The zero-order chi connectivity index (χ0) is 8.48. The Morgan fingerprint density at radius 2 is 1.64 bits per heavy atom. The Hall–Kier alpha value is 0.200. The molecule has 11 heavy (non-hydrogen) atoms. The molecular formula is C6H10ClO3S-. The monoisotopic (exact) mass is 197 g/mol. The van der Waals surface area contributed by atoms with Crippen LogP contribution in [0.2, 0.25) is 0 Å². The predicted octanol–water partition coefficient (Wildman–Crippen LogP) is 1.08. The normalized spacial score (nSPS) is 33.6. The molecule has 1 fully saturated rings. The molecule has 0 heterocycles. The van der Waals surface area contributed by atoms with Gasteiger partial charge in [-0.15, -0.1) is 11.6 Å². The second-order valence-electron chi connectivity index (χ2n) is 2.87. The molecule has 5 heteroatoms. The molecule has 0 radical (unpaired) electrons. The summed E-state index contributed by atoms with van der Waals surface area (Å²) in [6.07, 6.45) is 2.15. The molecule has 0 aliphatic heterocycles. The van der Waals surface area contributed by atoms with Crippen LogP contribution in [0.4, 0.5) is 0 Å². The molecule has 0 bridgehead atoms. The Morgan fingerprint density at radius 1 is 1.18 bits per heavy atom. The first kappa shape index (κ1) is 9.29. The van der Waals surface area contributed by atoms with Gasteiger partial charge >= 0.3 is 0 Å². The number of hydrogen-bond acceptors (Lipinski definition) is 3. The molecule has 3 nitrogen and oxygen atoms in total. The highest BCUT2D eigenvalue weighted by Crippen LogP contribution is 2.26. The van der Waals surface area contributed by atoms with Crippen LogP contribution in [0.5, 0.6) is 0 Å². The predicted molar refractivity (Wildman–Crippen MR) is 41.6 cm³/mol. The fraction of sp³-hybridized carbons (Fsp3) is 1.00. The summed E-state index contributed by atoms with van der Waals surface area (Å²) in [7, 11) is -4.06. The van der Waals surface area contributed by atoms with Crippen molar-refractivity contribution in [1.29, 1.82) is 0 Å². The second-order valence-corrected chi connectivity index (χ2v) is 5.14. The van der Waals surface area contributed by atoms with Gasteiger partial charge in [0.25, 0.3) is 0 Å². The summed E-state index contributed by atoms with van der Waals surface area (Å²) >= 11 is 5.74. The second kappa shape index (κ2) is 3.29. The maximum Gasteiger partial charge on any atom is 0.0975 e.